The van der Waals surface area contributed by atoms with E-state index in [-0.39, 0.29) is 18.2 Å². The smallest absolute Gasteiger partial charge is 0.251 e. The second-order valence-electron chi connectivity index (χ2n) is 2.25. The number of rotatable bonds is 4. The van der Waals surface area contributed by atoms with Crippen LogP contribution in [0.2, 0.25) is 0 Å². The molecule has 0 amide bonds. The Hall–Kier alpha value is -1.67. The van der Waals surface area contributed by atoms with E-state index in [2.05, 4.69) is 9.97 Å². The van der Waals surface area contributed by atoms with Crippen molar-refractivity contribution in [3.63, 3.8) is 0 Å². The van der Waals surface area contributed by atoms with Crippen molar-refractivity contribution in [1.82, 2.24) is 9.97 Å². The number of hydrogen-bond donors (Lipinski definition) is 1. The molecule has 1 rings (SSSR count). The summed E-state index contributed by atoms with van der Waals surface area (Å²) in [6.45, 7) is 0.395. The van der Waals surface area contributed by atoms with Crippen LogP contribution in [0, 0.1) is 11.3 Å². The molecule has 1 aromatic rings. The SMILES string of the molecule is N#Cc1nccnc1OCCCO. The summed E-state index contributed by atoms with van der Waals surface area (Å²) in [6.07, 6.45) is 3.40. The van der Waals surface area contributed by atoms with Crippen LogP contribution < -0.4 is 4.74 Å². The van der Waals surface area contributed by atoms with E-state index < -0.39 is 0 Å². The van der Waals surface area contributed by atoms with Crippen molar-refractivity contribution in [2.75, 3.05) is 13.2 Å². The number of ether oxygens (including phenoxy) is 1. The minimum absolute atomic E-state index is 0.0577. The van der Waals surface area contributed by atoms with Crippen LogP contribution in [0.4, 0.5) is 0 Å². The van der Waals surface area contributed by atoms with E-state index in [4.69, 9.17) is 15.1 Å². The predicted molar refractivity (Wildman–Crippen MR) is 43.9 cm³/mol. The molecule has 0 aromatic carbocycles. The van der Waals surface area contributed by atoms with Crippen molar-refractivity contribution in [3.05, 3.63) is 18.1 Å². The molecule has 1 N–H and O–H groups in total. The van der Waals surface area contributed by atoms with E-state index >= 15 is 0 Å². The van der Waals surface area contributed by atoms with E-state index in [1.165, 1.54) is 12.4 Å². The van der Waals surface area contributed by atoms with E-state index in [9.17, 15) is 0 Å². The first-order chi connectivity index (χ1) is 6.38. The molecule has 13 heavy (non-hydrogen) atoms. The van der Waals surface area contributed by atoms with Gasteiger partial charge in [0.05, 0.1) is 6.61 Å². The van der Waals surface area contributed by atoms with Crippen LogP contribution in [0.15, 0.2) is 12.4 Å². The lowest BCUT2D eigenvalue weighted by Crippen LogP contribution is -2.03. The Morgan fingerprint density at radius 1 is 1.46 bits per heavy atom. The highest BCUT2D eigenvalue weighted by molar-refractivity contribution is 5.29. The van der Waals surface area contributed by atoms with Gasteiger partial charge in [0.25, 0.3) is 5.88 Å². The van der Waals surface area contributed by atoms with Crippen molar-refractivity contribution >= 4 is 0 Å². The summed E-state index contributed by atoms with van der Waals surface area (Å²) in [4.78, 5) is 7.60. The van der Waals surface area contributed by atoms with Gasteiger partial charge in [0, 0.05) is 25.4 Å². The van der Waals surface area contributed by atoms with Gasteiger partial charge in [-0.15, -0.1) is 0 Å². The Labute approximate surface area is 75.6 Å². The molecule has 0 unspecified atom stereocenters. The lowest BCUT2D eigenvalue weighted by molar-refractivity contribution is 0.228. The minimum atomic E-state index is 0.0577. The highest BCUT2D eigenvalue weighted by atomic mass is 16.5. The molecule has 1 aromatic heterocycles. The molecule has 0 aliphatic carbocycles. The van der Waals surface area contributed by atoms with Crippen molar-refractivity contribution in [3.8, 4) is 11.9 Å². The monoisotopic (exact) mass is 179 g/mol. The van der Waals surface area contributed by atoms with Crippen LogP contribution in [0.1, 0.15) is 12.1 Å². The number of aromatic nitrogens is 2. The maximum atomic E-state index is 8.59. The first-order valence-corrected chi connectivity index (χ1v) is 3.83. The largest absolute Gasteiger partial charge is 0.476 e. The molecule has 68 valence electrons. The summed E-state index contributed by atoms with van der Waals surface area (Å²) in [5.41, 5.74) is 0.167. The minimum Gasteiger partial charge on any atom is -0.476 e. The Morgan fingerprint density at radius 2 is 2.23 bits per heavy atom. The average Bonchev–Trinajstić information content (AvgIpc) is 2.19. The van der Waals surface area contributed by atoms with Gasteiger partial charge in [0.1, 0.15) is 6.07 Å². The number of nitriles is 1. The fourth-order valence-corrected chi connectivity index (χ4v) is 0.741. The molecule has 0 aliphatic heterocycles. The molecule has 0 radical (unpaired) electrons. The molecule has 5 nitrogen and oxygen atoms in total. The molecular formula is C8H9N3O2. The average molecular weight is 179 g/mol. The fourth-order valence-electron chi connectivity index (χ4n) is 0.741. The second-order valence-corrected chi connectivity index (χ2v) is 2.25. The van der Waals surface area contributed by atoms with Gasteiger partial charge in [-0.05, 0) is 0 Å². The van der Waals surface area contributed by atoms with Crippen LogP contribution in [0.25, 0.3) is 0 Å². The Bertz CT molecular complexity index is 309. The summed E-state index contributed by atoms with van der Waals surface area (Å²) in [5, 5.41) is 17.1. The van der Waals surface area contributed by atoms with Crippen LogP contribution in [0.3, 0.4) is 0 Å². The zero-order valence-corrected chi connectivity index (χ0v) is 6.97. The number of aliphatic hydroxyl groups excluding tert-OH is 1. The van der Waals surface area contributed by atoms with Gasteiger partial charge in [-0.25, -0.2) is 9.97 Å². The Morgan fingerprint density at radius 3 is 2.92 bits per heavy atom. The molecule has 0 spiro atoms. The van der Waals surface area contributed by atoms with Gasteiger partial charge in [0.15, 0.2) is 0 Å². The van der Waals surface area contributed by atoms with Gasteiger partial charge in [0.2, 0.25) is 5.69 Å². The molecule has 0 aliphatic rings. The Kier molecular flexibility index (Phi) is 3.67. The van der Waals surface area contributed by atoms with Gasteiger partial charge >= 0.3 is 0 Å². The molecule has 0 fully saturated rings. The lowest BCUT2D eigenvalue weighted by Gasteiger charge is -2.03. The van der Waals surface area contributed by atoms with E-state index in [0.29, 0.717) is 13.0 Å². The first-order valence-electron chi connectivity index (χ1n) is 3.83. The Balaban J connectivity index is 2.60. The zero-order chi connectivity index (χ0) is 9.52. The van der Waals surface area contributed by atoms with E-state index in [1.807, 2.05) is 6.07 Å². The molecule has 1 heterocycles. The molecule has 0 atom stereocenters. The summed E-state index contributed by atoms with van der Waals surface area (Å²) in [7, 11) is 0. The number of hydrogen-bond acceptors (Lipinski definition) is 5. The third-order valence-corrected chi connectivity index (χ3v) is 1.31. The fraction of sp³-hybridized carbons (Fsp3) is 0.375. The zero-order valence-electron chi connectivity index (χ0n) is 6.97. The van der Waals surface area contributed by atoms with Crippen molar-refractivity contribution in [1.29, 1.82) is 5.26 Å². The highest BCUT2D eigenvalue weighted by Gasteiger charge is 2.03. The summed E-state index contributed by atoms with van der Waals surface area (Å²) in [6, 6.07) is 1.86. The van der Waals surface area contributed by atoms with Crippen LogP contribution in [-0.2, 0) is 0 Å². The first kappa shape index (κ1) is 9.42. The van der Waals surface area contributed by atoms with Gasteiger partial charge < -0.3 is 9.84 Å². The van der Waals surface area contributed by atoms with Crippen LogP contribution >= 0.6 is 0 Å². The van der Waals surface area contributed by atoms with Crippen molar-refractivity contribution < 1.29 is 9.84 Å². The standard InChI is InChI=1S/C8H9N3O2/c9-6-7-8(11-3-2-10-7)13-5-1-4-12/h2-3,12H,1,4-5H2. The molecule has 0 bridgehead atoms. The van der Waals surface area contributed by atoms with Crippen LogP contribution in [-0.4, -0.2) is 28.3 Å². The highest BCUT2D eigenvalue weighted by Crippen LogP contribution is 2.09. The summed E-state index contributed by atoms with van der Waals surface area (Å²) in [5.74, 6) is 0.221. The van der Waals surface area contributed by atoms with Gasteiger partial charge in [-0.3, -0.25) is 0 Å². The second kappa shape index (κ2) is 5.06. The number of aliphatic hydroxyl groups is 1. The molecule has 5 heteroatoms. The van der Waals surface area contributed by atoms with E-state index in [1.54, 1.807) is 0 Å². The third kappa shape index (κ3) is 2.69. The van der Waals surface area contributed by atoms with Gasteiger partial charge in [-0.1, -0.05) is 0 Å². The van der Waals surface area contributed by atoms with Crippen LogP contribution in [0.5, 0.6) is 5.88 Å². The van der Waals surface area contributed by atoms with Crippen molar-refractivity contribution in [2.24, 2.45) is 0 Å². The summed E-state index contributed by atoms with van der Waals surface area (Å²) >= 11 is 0. The van der Waals surface area contributed by atoms with Gasteiger partial charge in [-0.2, -0.15) is 5.26 Å². The molecular weight excluding hydrogens is 170 g/mol. The topological polar surface area (TPSA) is 79.0 Å². The predicted octanol–water partition coefficient (Wildman–Crippen LogP) is 0.109. The maximum Gasteiger partial charge on any atom is 0.251 e. The normalized spacial score (nSPS) is 9.23. The molecule has 0 saturated heterocycles. The summed E-state index contributed by atoms with van der Waals surface area (Å²) < 4.78 is 5.11. The van der Waals surface area contributed by atoms with Crippen molar-refractivity contribution in [2.45, 2.75) is 6.42 Å². The quantitative estimate of drug-likeness (QED) is 0.663. The molecule has 0 saturated carbocycles. The lowest BCUT2D eigenvalue weighted by atomic mass is 10.4. The van der Waals surface area contributed by atoms with E-state index in [0.717, 1.165) is 0 Å². The third-order valence-electron chi connectivity index (χ3n) is 1.31. The maximum absolute atomic E-state index is 8.59. The number of nitrogens with zero attached hydrogens (tertiary/aromatic N) is 3.